The van der Waals surface area contributed by atoms with Gasteiger partial charge in [0.15, 0.2) is 0 Å². The van der Waals surface area contributed by atoms with Crippen molar-refractivity contribution in [3.63, 3.8) is 0 Å². The SMILES string of the molecule is CCCCCCCCCCCOC(=O)C1CCCCC1C(=O)OCC(C)C. The van der Waals surface area contributed by atoms with Gasteiger partial charge in [-0.05, 0) is 25.2 Å². The van der Waals surface area contributed by atoms with Gasteiger partial charge in [-0.25, -0.2) is 0 Å². The Hall–Kier alpha value is -1.06. The molecule has 2 atom stereocenters. The highest BCUT2D eigenvalue weighted by molar-refractivity contribution is 5.82. The summed E-state index contributed by atoms with van der Waals surface area (Å²) in [6, 6.07) is 0. The highest BCUT2D eigenvalue weighted by Gasteiger charge is 2.37. The van der Waals surface area contributed by atoms with Crippen molar-refractivity contribution in [1.82, 2.24) is 0 Å². The van der Waals surface area contributed by atoms with Gasteiger partial charge in [-0.2, -0.15) is 0 Å². The molecule has 0 N–H and O–H groups in total. The topological polar surface area (TPSA) is 52.6 Å². The molecule has 0 aromatic heterocycles. The van der Waals surface area contributed by atoms with Crippen LogP contribution >= 0.6 is 0 Å². The lowest BCUT2D eigenvalue weighted by molar-refractivity contribution is -0.163. The number of unbranched alkanes of at least 4 members (excludes halogenated alkanes) is 8. The summed E-state index contributed by atoms with van der Waals surface area (Å²) in [6.07, 6.45) is 14.7. The smallest absolute Gasteiger partial charge is 0.309 e. The average molecular weight is 383 g/mol. The third-order valence-corrected chi connectivity index (χ3v) is 5.42. The Labute approximate surface area is 166 Å². The molecule has 0 spiro atoms. The second kappa shape index (κ2) is 14.9. The number of ether oxygens (including phenoxy) is 2. The molecule has 158 valence electrons. The summed E-state index contributed by atoms with van der Waals surface area (Å²) in [6.45, 7) is 7.19. The van der Waals surface area contributed by atoms with Crippen molar-refractivity contribution >= 4 is 11.9 Å². The maximum Gasteiger partial charge on any atom is 0.309 e. The Kier molecular flexibility index (Phi) is 13.3. The van der Waals surface area contributed by atoms with Crippen LogP contribution in [0.5, 0.6) is 0 Å². The van der Waals surface area contributed by atoms with Crippen molar-refractivity contribution in [2.45, 2.75) is 104 Å². The lowest BCUT2D eigenvalue weighted by Crippen LogP contribution is -2.35. The molecule has 1 saturated carbocycles. The zero-order chi connectivity index (χ0) is 19.9. The molecule has 0 heterocycles. The molecule has 0 saturated heterocycles. The van der Waals surface area contributed by atoms with Crippen LogP contribution in [0.25, 0.3) is 0 Å². The van der Waals surface area contributed by atoms with Crippen LogP contribution in [0.4, 0.5) is 0 Å². The highest BCUT2D eigenvalue weighted by Crippen LogP contribution is 2.32. The maximum absolute atomic E-state index is 12.5. The summed E-state index contributed by atoms with van der Waals surface area (Å²) in [4.78, 5) is 24.8. The third kappa shape index (κ3) is 10.8. The molecule has 0 aromatic carbocycles. The van der Waals surface area contributed by atoms with E-state index in [0.717, 1.165) is 38.5 Å². The fourth-order valence-corrected chi connectivity index (χ4v) is 3.74. The molecule has 2 unspecified atom stereocenters. The van der Waals surface area contributed by atoms with Gasteiger partial charge in [0.25, 0.3) is 0 Å². The summed E-state index contributed by atoms with van der Waals surface area (Å²) >= 11 is 0. The van der Waals surface area contributed by atoms with Crippen LogP contribution in [0.3, 0.4) is 0 Å². The van der Waals surface area contributed by atoms with E-state index in [1.807, 2.05) is 13.8 Å². The van der Waals surface area contributed by atoms with Gasteiger partial charge in [-0.15, -0.1) is 0 Å². The minimum atomic E-state index is -0.312. The fraction of sp³-hybridized carbons (Fsp3) is 0.913. The molecule has 0 radical (unpaired) electrons. The summed E-state index contributed by atoms with van der Waals surface area (Å²) in [5.41, 5.74) is 0. The fourth-order valence-electron chi connectivity index (χ4n) is 3.74. The van der Waals surface area contributed by atoms with E-state index < -0.39 is 0 Å². The number of hydrogen-bond donors (Lipinski definition) is 0. The van der Waals surface area contributed by atoms with Crippen LogP contribution in [0.1, 0.15) is 104 Å². The van der Waals surface area contributed by atoms with E-state index in [-0.39, 0.29) is 23.8 Å². The van der Waals surface area contributed by atoms with E-state index in [2.05, 4.69) is 6.92 Å². The van der Waals surface area contributed by atoms with E-state index in [0.29, 0.717) is 19.1 Å². The minimum absolute atomic E-state index is 0.194. The predicted octanol–water partition coefficient (Wildman–Crippen LogP) is 6.07. The molecule has 4 nitrogen and oxygen atoms in total. The van der Waals surface area contributed by atoms with Gasteiger partial charge in [0, 0.05) is 0 Å². The lowest BCUT2D eigenvalue weighted by atomic mass is 9.79. The van der Waals surface area contributed by atoms with E-state index in [1.165, 1.54) is 44.9 Å². The summed E-state index contributed by atoms with van der Waals surface area (Å²) in [5, 5.41) is 0. The van der Waals surface area contributed by atoms with Gasteiger partial charge in [0.1, 0.15) is 0 Å². The van der Waals surface area contributed by atoms with E-state index in [4.69, 9.17) is 9.47 Å². The van der Waals surface area contributed by atoms with Crippen LogP contribution in [0, 0.1) is 17.8 Å². The average Bonchev–Trinajstić information content (AvgIpc) is 2.67. The normalized spacial score (nSPS) is 19.9. The van der Waals surface area contributed by atoms with Gasteiger partial charge >= 0.3 is 11.9 Å². The van der Waals surface area contributed by atoms with E-state index in [1.54, 1.807) is 0 Å². The number of carbonyl (C=O) groups excluding carboxylic acids is 2. The van der Waals surface area contributed by atoms with Gasteiger partial charge < -0.3 is 9.47 Å². The minimum Gasteiger partial charge on any atom is -0.465 e. The molecule has 4 heteroatoms. The molecule has 0 bridgehead atoms. The van der Waals surface area contributed by atoms with Gasteiger partial charge in [0.05, 0.1) is 25.0 Å². The lowest BCUT2D eigenvalue weighted by Gasteiger charge is -2.28. The van der Waals surface area contributed by atoms with Crippen molar-refractivity contribution in [1.29, 1.82) is 0 Å². The van der Waals surface area contributed by atoms with Crippen molar-refractivity contribution in [2.24, 2.45) is 17.8 Å². The zero-order valence-corrected chi connectivity index (χ0v) is 18.0. The van der Waals surface area contributed by atoms with Crippen LogP contribution in [-0.2, 0) is 19.1 Å². The van der Waals surface area contributed by atoms with E-state index >= 15 is 0 Å². The summed E-state index contributed by atoms with van der Waals surface area (Å²) in [5.74, 6) is -0.714. The molecular weight excluding hydrogens is 340 g/mol. The van der Waals surface area contributed by atoms with Crippen LogP contribution in [-0.4, -0.2) is 25.2 Å². The first-order valence-corrected chi connectivity index (χ1v) is 11.4. The standard InChI is InChI=1S/C23H42O4/c1-4-5-6-7-8-9-10-11-14-17-26-22(24)20-15-12-13-16-21(20)23(25)27-18-19(2)3/h19-21H,4-18H2,1-3H3. The second-order valence-corrected chi connectivity index (χ2v) is 8.52. The molecule has 0 aromatic rings. The Morgan fingerprint density at radius 1 is 0.778 bits per heavy atom. The molecule has 1 aliphatic carbocycles. The molecule has 1 rings (SSSR count). The van der Waals surface area contributed by atoms with Crippen molar-refractivity contribution < 1.29 is 19.1 Å². The van der Waals surface area contributed by atoms with Gasteiger partial charge in [-0.3, -0.25) is 9.59 Å². The molecule has 0 aliphatic heterocycles. The van der Waals surface area contributed by atoms with Crippen molar-refractivity contribution in [3.05, 3.63) is 0 Å². The number of hydrogen-bond acceptors (Lipinski definition) is 4. The van der Waals surface area contributed by atoms with Crippen LogP contribution in [0.15, 0.2) is 0 Å². The Morgan fingerprint density at radius 2 is 1.26 bits per heavy atom. The molecule has 27 heavy (non-hydrogen) atoms. The first-order chi connectivity index (χ1) is 13.1. The largest absolute Gasteiger partial charge is 0.465 e. The Balaban J connectivity index is 2.18. The highest BCUT2D eigenvalue weighted by atomic mass is 16.5. The summed E-state index contributed by atoms with van der Waals surface area (Å²) < 4.78 is 10.9. The van der Waals surface area contributed by atoms with Gasteiger partial charge in [0.2, 0.25) is 0 Å². The molecule has 0 amide bonds. The molecule has 1 aliphatic rings. The third-order valence-electron chi connectivity index (χ3n) is 5.42. The number of carbonyl (C=O) groups is 2. The first kappa shape index (κ1) is 24.0. The van der Waals surface area contributed by atoms with Crippen molar-refractivity contribution in [2.75, 3.05) is 13.2 Å². The zero-order valence-electron chi connectivity index (χ0n) is 18.0. The first-order valence-electron chi connectivity index (χ1n) is 11.4. The predicted molar refractivity (Wildman–Crippen MR) is 109 cm³/mol. The molecule has 1 fully saturated rings. The second-order valence-electron chi connectivity index (χ2n) is 8.52. The van der Waals surface area contributed by atoms with Crippen molar-refractivity contribution in [3.8, 4) is 0 Å². The Bertz CT molecular complexity index is 405. The number of esters is 2. The maximum atomic E-state index is 12.5. The monoisotopic (exact) mass is 382 g/mol. The number of rotatable bonds is 14. The van der Waals surface area contributed by atoms with Gasteiger partial charge in [-0.1, -0.05) is 85.0 Å². The van der Waals surface area contributed by atoms with E-state index in [9.17, 15) is 9.59 Å². The Morgan fingerprint density at radius 3 is 1.78 bits per heavy atom. The van der Waals surface area contributed by atoms with Crippen LogP contribution in [0.2, 0.25) is 0 Å². The summed E-state index contributed by atoms with van der Waals surface area (Å²) in [7, 11) is 0. The quantitative estimate of drug-likeness (QED) is 0.270. The molecular formula is C23H42O4. The van der Waals surface area contributed by atoms with Crippen LogP contribution < -0.4 is 0 Å².